The molecule has 2 aromatic rings. The Hall–Kier alpha value is -2.55. The molecular formula is C16H13NO2. The molecule has 94 valence electrons. The molecular weight excluding hydrogens is 238 g/mol. The number of carbonyl (C=O) groups is 1. The SMILES string of the molecule is O=C1Nc2ccccc2/C1=C/COc1ccccc1. The first kappa shape index (κ1) is 11.5. The number of hydrogen-bond acceptors (Lipinski definition) is 2. The number of hydrogen-bond donors (Lipinski definition) is 1. The van der Waals surface area contributed by atoms with Crippen molar-refractivity contribution < 1.29 is 9.53 Å². The molecule has 2 aromatic carbocycles. The van der Waals surface area contributed by atoms with E-state index in [0.29, 0.717) is 12.2 Å². The highest BCUT2D eigenvalue weighted by Crippen LogP contribution is 2.30. The highest BCUT2D eigenvalue weighted by atomic mass is 16.5. The molecule has 1 amide bonds. The van der Waals surface area contributed by atoms with E-state index in [9.17, 15) is 4.79 Å². The maximum Gasteiger partial charge on any atom is 0.256 e. The monoisotopic (exact) mass is 251 g/mol. The van der Waals surface area contributed by atoms with Crippen LogP contribution in [0.5, 0.6) is 5.75 Å². The van der Waals surface area contributed by atoms with Gasteiger partial charge < -0.3 is 10.1 Å². The summed E-state index contributed by atoms with van der Waals surface area (Å²) in [6.07, 6.45) is 1.81. The quantitative estimate of drug-likeness (QED) is 0.851. The number of carbonyl (C=O) groups excluding carboxylic acids is 1. The Kier molecular flexibility index (Phi) is 3.02. The Morgan fingerprint density at radius 3 is 2.58 bits per heavy atom. The van der Waals surface area contributed by atoms with Crippen molar-refractivity contribution in [1.29, 1.82) is 0 Å². The van der Waals surface area contributed by atoms with E-state index >= 15 is 0 Å². The molecule has 3 heteroatoms. The predicted octanol–water partition coefficient (Wildman–Crippen LogP) is 3.10. The van der Waals surface area contributed by atoms with Gasteiger partial charge in [0.05, 0.1) is 0 Å². The Balaban J connectivity index is 1.76. The van der Waals surface area contributed by atoms with E-state index in [2.05, 4.69) is 5.32 Å². The third kappa shape index (κ3) is 2.36. The molecule has 0 saturated carbocycles. The van der Waals surface area contributed by atoms with Gasteiger partial charge in [0.2, 0.25) is 0 Å². The van der Waals surface area contributed by atoms with Gasteiger partial charge in [0, 0.05) is 16.8 Å². The van der Waals surface area contributed by atoms with Gasteiger partial charge in [-0.15, -0.1) is 0 Å². The normalized spacial score (nSPS) is 15.2. The van der Waals surface area contributed by atoms with Crippen LogP contribution in [0.2, 0.25) is 0 Å². The molecule has 0 radical (unpaired) electrons. The lowest BCUT2D eigenvalue weighted by Crippen LogP contribution is -2.05. The maximum atomic E-state index is 11.8. The molecule has 1 N–H and O–H groups in total. The topological polar surface area (TPSA) is 38.3 Å². The van der Waals surface area contributed by atoms with Gasteiger partial charge in [-0.2, -0.15) is 0 Å². The summed E-state index contributed by atoms with van der Waals surface area (Å²) in [5.74, 6) is 0.726. The fourth-order valence-electron chi connectivity index (χ4n) is 2.08. The first-order chi connectivity index (χ1) is 9.34. The number of anilines is 1. The van der Waals surface area contributed by atoms with Gasteiger partial charge in [-0.1, -0.05) is 36.4 Å². The fraction of sp³-hybridized carbons (Fsp3) is 0.0625. The molecule has 0 fully saturated rings. The van der Waals surface area contributed by atoms with E-state index in [-0.39, 0.29) is 5.91 Å². The van der Waals surface area contributed by atoms with Crippen molar-refractivity contribution in [1.82, 2.24) is 0 Å². The van der Waals surface area contributed by atoms with Gasteiger partial charge in [-0.05, 0) is 24.3 Å². The standard InChI is InChI=1S/C16H13NO2/c18-16-14(13-8-4-5-9-15(13)17-16)10-11-19-12-6-2-1-3-7-12/h1-10H,11H2,(H,17,18)/b14-10-. The minimum atomic E-state index is -0.0714. The van der Waals surface area contributed by atoms with Gasteiger partial charge in [0.1, 0.15) is 12.4 Å². The fourth-order valence-corrected chi connectivity index (χ4v) is 2.08. The van der Waals surface area contributed by atoms with Crippen molar-refractivity contribution in [3.63, 3.8) is 0 Å². The molecule has 0 saturated heterocycles. The van der Waals surface area contributed by atoms with E-state index in [4.69, 9.17) is 4.74 Å². The van der Waals surface area contributed by atoms with Crippen LogP contribution in [-0.4, -0.2) is 12.5 Å². The lowest BCUT2D eigenvalue weighted by Gasteiger charge is -2.03. The zero-order chi connectivity index (χ0) is 13.1. The molecule has 0 aliphatic carbocycles. The van der Waals surface area contributed by atoms with E-state index in [1.54, 1.807) is 0 Å². The molecule has 1 heterocycles. The van der Waals surface area contributed by atoms with Crippen LogP contribution < -0.4 is 10.1 Å². The molecule has 0 spiro atoms. The Bertz CT molecular complexity index is 632. The number of rotatable bonds is 3. The third-order valence-corrected chi connectivity index (χ3v) is 2.99. The number of amides is 1. The second-order valence-electron chi connectivity index (χ2n) is 4.24. The molecule has 3 rings (SSSR count). The van der Waals surface area contributed by atoms with Crippen molar-refractivity contribution in [2.75, 3.05) is 11.9 Å². The highest BCUT2D eigenvalue weighted by molar-refractivity contribution is 6.31. The molecule has 0 bridgehead atoms. The number of nitrogens with one attached hydrogen (secondary N) is 1. The van der Waals surface area contributed by atoms with Gasteiger partial charge in [0.25, 0.3) is 5.91 Å². The van der Waals surface area contributed by atoms with Crippen LogP contribution in [0.4, 0.5) is 5.69 Å². The zero-order valence-electron chi connectivity index (χ0n) is 10.3. The first-order valence-electron chi connectivity index (χ1n) is 6.13. The Morgan fingerprint density at radius 2 is 1.74 bits per heavy atom. The average molecular weight is 251 g/mol. The lowest BCUT2D eigenvalue weighted by molar-refractivity contribution is -0.110. The smallest absolute Gasteiger partial charge is 0.256 e. The molecule has 3 nitrogen and oxygen atoms in total. The molecule has 19 heavy (non-hydrogen) atoms. The highest BCUT2D eigenvalue weighted by Gasteiger charge is 2.22. The van der Waals surface area contributed by atoms with E-state index < -0.39 is 0 Å². The van der Waals surface area contributed by atoms with E-state index in [0.717, 1.165) is 17.0 Å². The maximum absolute atomic E-state index is 11.8. The predicted molar refractivity (Wildman–Crippen MR) is 75.0 cm³/mol. The zero-order valence-corrected chi connectivity index (χ0v) is 10.3. The number of fused-ring (bicyclic) bond motifs is 1. The average Bonchev–Trinajstić information content (AvgIpc) is 2.76. The molecule has 0 aromatic heterocycles. The van der Waals surface area contributed by atoms with Gasteiger partial charge >= 0.3 is 0 Å². The van der Waals surface area contributed by atoms with Crippen molar-refractivity contribution in [2.24, 2.45) is 0 Å². The van der Waals surface area contributed by atoms with Crippen LogP contribution in [0.25, 0.3) is 5.57 Å². The summed E-state index contributed by atoms with van der Waals surface area (Å²) in [5.41, 5.74) is 2.47. The van der Waals surface area contributed by atoms with E-state index in [1.807, 2.05) is 60.7 Å². The second kappa shape index (κ2) is 4.98. The summed E-state index contributed by atoms with van der Waals surface area (Å²) < 4.78 is 5.57. The van der Waals surface area contributed by atoms with Crippen LogP contribution in [0.1, 0.15) is 5.56 Å². The third-order valence-electron chi connectivity index (χ3n) is 2.99. The molecule has 1 aliphatic heterocycles. The minimum Gasteiger partial charge on any atom is -0.490 e. The van der Waals surface area contributed by atoms with Crippen molar-refractivity contribution in [3.8, 4) is 5.75 Å². The summed E-state index contributed by atoms with van der Waals surface area (Å²) in [6, 6.07) is 17.2. The number of benzene rings is 2. The molecule has 0 unspecified atom stereocenters. The summed E-state index contributed by atoms with van der Waals surface area (Å²) in [6.45, 7) is 0.376. The Morgan fingerprint density at radius 1 is 1.00 bits per heavy atom. The van der Waals surface area contributed by atoms with Crippen LogP contribution in [0.15, 0.2) is 60.7 Å². The molecule has 1 aliphatic rings. The second-order valence-corrected chi connectivity index (χ2v) is 4.24. The summed E-state index contributed by atoms with van der Waals surface area (Å²) >= 11 is 0. The largest absolute Gasteiger partial charge is 0.490 e. The summed E-state index contributed by atoms with van der Waals surface area (Å²) in [7, 11) is 0. The first-order valence-corrected chi connectivity index (χ1v) is 6.13. The lowest BCUT2D eigenvalue weighted by atomic mass is 10.1. The number of ether oxygens (including phenoxy) is 1. The van der Waals surface area contributed by atoms with Crippen LogP contribution in [0.3, 0.4) is 0 Å². The minimum absolute atomic E-state index is 0.0714. The number of para-hydroxylation sites is 2. The Labute approximate surface area is 111 Å². The summed E-state index contributed by atoms with van der Waals surface area (Å²) in [5, 5.41) is 2.83. The summed E-state index contributed by atoms with van der Waals surface area (Å²) in [4.78, 5) is 11.8. The van der Waals surface area contributed by atoms with Crippen LogP contribution in [0, 0.1) is 0 Å². The van der Waals surface area contributed by atoms with E-state index in [1.165, 1.54) is 0 Å². The molecule has 0 atom stereocenters. The van der Waals surface area contributed by atoms with Gasteiger partial charge in [-0.25, -0.2) is 0 Å². The van der Waals surface area contributed by atoms with Gasteiger partial charge in [0.15, 0.2) is 0 Å². The van der Waals surface area contributed by atoms with Crippen LogP contribution in [-0.2, 0) is 4.79 Å². The van der Waals surface area contributed by atoms with Crippen molar-refractivity contribution in [3.05, 3.63) is 66.2 Å². The van der Waals surface area contributed by atoms with Crippen molar-refractivity contribution in [2.45, 2.75) is 0 Å². The van der Waals surface area contributed by atoms with Gasteiger partial charge in [-0.3, -0.25) is 4.79 Å². The van der Waals surface area contributed by atoms with Crippen molar-refractivity contribution >= 4 is 17.2 Å². The van der Waals surface area contributed by atoms with Crippen LogP contribution >= 0.6 is 0 Å².